The van der Waals surface area contributed by atoms with Crippen molar-refractivity contribution in [3.8, 4) is 0 Å². The topological polar surface area (TPSA) is 35.5 Å². The minimum absolute atomic E-state index is 0. The smallest absolute Gasteiger partial charge is 0.191 e. The van der Waals surface area contributed by atoms with Gasteiger partial charge < -0.3 is 43.8 Å². The van der Waals surface area contributed by atoms with Gasteiger partial charge in [-0.3, -0.25) is 0 Å². The Morgan fingerprint density at radius 2 is 1.50 bits per heavy atom. The van der Waals surface area contributed by atoms with Crippen molar-refractivity contribution in [1.29, 1.82) is 0 Å². The van der Waals surface area contributed by atoms with E-state index in [9.17, 15) is 4.79 Å². The number of ether oxygens (including phenoxy) is 1. The summed E-state index contributed by atoms with van der Waals surface area (Å²) in [6.07, 6.45) is 4.81. The van der Waals surface area contributed by atoms with Crippen LogP contribution in [0.25, 0.3) is 0 Å². The normalized spacial score (nSPS) is 11.4. The molecule has 2 aromatic rings. The molecule has 0 aliphatic carbocycles. The zero-order valence-electron chi connectivity index (χ0n) is 19.6. The molecule has 0 saturated carbocycles. The first kappa shape index (κ1) is 29.0. The van der Waals surface area contributed by atoms with Crippen LogP contribution in [-0.4, -0.2) is 27.3 Å². The number of carbonyl (C=O) groups is 1. The Kier molecular flexibility index (Phi) is 14.4. The SMILES string of the molecule is CC(=O)[c-]1cccc1.CC(C)(C)[Si](C)(C)OCCCCCCOC[c-]1[cH-][cH-][cH-][cH-]1.[Fe]. The number of Topliss-reactive ketones (excluding diaryl/α,β-unsaturated/α-hetero) is 1. The van der Waals surface area contributed by atoms with Gasteiger partial charge in [-0.2, -0.15) is 12.1 Å². The van der Waals surface area contributed by atoms with Crippen LogP contribution in [-0.2, 0) is 32.8 Å². The Morgan fingerprint density at radius 3 is 1.97 bits per heavy atom. The van der Waals surface area contributed by atoms with Crippen LogP contribution in [0.3, 0.4) is 0 Å². The van der Waals surface area contributed by atoms with Gasteiger partial charge in [0.15, 0.2) is 8.32 Å². The zero-order chi connectivity index (χ0) is 21.8. The van der Waals surface area contributed by atoms with E-state index in [-0.39, 0.29) is 22.9 Å². The maximum atomic E-state index is 10.5. The zero-order valence-corrected chi connectivity index (χ0v) is 21.8. The molecule has 2 rings (SSSR count). The molecule has 0 aliphatic heterocycles. The molecular weight excluding hydrogens is 432 g/mol. The van der Waals surface area contributed by atoms with Crippen molar-refractivity contribution < 1.29 is 31.0 Å². The summed E-state index contributed by atoms with van der Waals surface area (Å²) in [5, 5.41) is 0.321. The molecule has 0 aromatic heterocycles. The third-order valence-corrected chi connectivity index (χ3v) is 10.1. The summed E-state index contributed by atoms with van der Waals surface area (Å²) in [5.41, 5.74) is 2.07. The molecule has 2 aromatic carbocycles. The molecule has 0 spiro atoms. The third-order valence-electron chi connectivity index (χ3n) is 5.52. The van der Waals surface area contributed by atoms with E-state index in [0.29, 0.717) is 5.04 Å². The maximum absolute atomic E-state index is 10.5. The van der Waals surface area contributed by atoms with Gasteiger partial charge in [-0.15, -0.1) is 6.61 Å². The molecule has 0 fully saturated rings. The minimum atomic E-state index is -1.54. The van der Waals surface area contributed by atoms with Crippen LogP contribution in [0, 0.1) is 0 Å². The van der Waals surface area contributed by atoms with Crippen molar-refractivity contribution >= 4 is 14.1 Å². The van der Waals surface area contributed by atoms with Crippen LogP contribution in [0.2, 0.25) is 18.1 Å². The summed E-state index contributed by atoms with van der Waals surface area (Å²) in [6.45, 7) is 15.6. The summed E-state index contributed by atoms with van der Waals surface area (Å²) in [7, 11) is -1.54. The van der Waals surface area contributed by atoms with E-state index in [1.807, 2.05) is 24.3 Å². The molecule has 0 saturated heterocycles. The average molecular weight is 473 g/mol. The van der Waals surface area contributed by atoms with Gasteiger partial charge in [0.2, 0.25) is 0 Å². The van der Waals surface area contributed by atoms with Crippen LogP contribution in [0.1, 0.15) is 69.3 Å². The van der Waals surface area contributed by atoms with Crippen LogP contribution in [0.4, 0.5) is 0 Å². The monoisotopic (exact) mass is 472 g/mol. The summed E-state index contributed by atoms with van der Waals surface area (Å²) < 4.78 is 11.8. The molecular formula is C25H40FeO3Si-6. The van der Waals surface area contributed by atoms with Gasteiger partial charge >= 0.3 is 0 Å². The summed E-state index contributed by atoms with van der Waals surface area (Å²) in [4.78, 5) is 10.5. The molecule has 5 heteroatoms. The number of ketones is 1. The van der Waals surface area contributed by atoms with Gasteiger partial charge in [0.05, 0.1) is 0 Å². The molecule has 0 aliphatic rings. The Labute approximate surface area is 195 Å². The van der Waals surface area contributed by atoms with Gasteiger partial charge in [-0.25, -0.2) is 12.1 Å². The third kappa shape index (κ3) is 12.0. The maximum Gasteiger partial charge on any atom is 0.191 e. The molecule has 3 nitrogen and oxygen atoms in total. The van der Waals surface area contributed by atoms with Crippen molar-refractivity contribution in [2.75, 3.05) is 13.2 Å². The number of hydrogen-bond donors (Lipinski definition) is 0. The minimum Gasteiger partial charge on any atom is -0.747 e. The van der Waals surface area contributed by atoms with Crippen molar-refractivity contribution in [2.24, 2.45) is 0 Å². The van der Waals surface area contributed by atoms with Gasteiger partial charge in [0.25, 0.3) is 0 Å². The summed E-state index contributed by atoms with van der Waals surface area (Å²) >= 11 is 0. The number of unbranched alkanes of at least 4 members (excludes halogenated alkanes) is 3. The van der Waals surface area contributed by atoms with Crippen LogP contribution >= 0.6 is 0 Å². The fraction of sp³-hybridized carbons (Fsp3) is 0.560. The molecule has 0 N–H and O–H groups in total. The first-order valence-electron chi connectivity index (χ1n) is 10.8. The predicted octanol–water partition coefficient (Wildman–Crippen LogP) is 7.11. The van der Waals surface area contributed by atoms with Gasteiger partial charge in [0, 0.05) is 30.3 Å². The van der Waals surface area contributed by atoms with Crippen molar-refractivity contribution in [3.63, 3.8) is 0 Å². The fourth-order valence-corrected chi connectivity index (χ4v) is 3.60. The molecule has 0 bridgehead atoms. The summed E-state index contributed by atoms with van der Waals surface area (Å²) in [5.74, 6) is 0.134. The summed E-state index contributed by atoms with van der Waals surface area (Å²) in [6, 6.07) is 15.7. The van der Waals surface area contributed by atoms with E-state index in [0.717, 1.165) is 31.8 Å². The fourth-order valence-electron chi connectivity index (χ4n) is 2.51. The van der Waals surface area contributed by atoms with Crippen LogP contribution in [0.5, 0.6) is 0 Å². The van der Waals surface area contributed by atoms with E-state index >= 15 is 0 Å². The number of carbonyl (C=O) groups excluding carboxylic acids is 1. The van der Waals surface area contributed by atoms with Crippen LogP contribution in [0.15, 0.2) is 48.5 Å². The average Bonchev–Trinajstić information content (AvgIpc) is 3.33. The molecule has 0 amide bonds. The largest absolute Gasteiger partial charge is 0.747 e. The second-order valence-corrected chi connectivity index (χ2v) is 13.9. The number of rotatable bonds is 11. The van der Waals surface area contributed by atoms with Crippen molar-refractivity contribution in [2.45, 2.75) is 78.1 Å². The first-order chi connectivity index (χ1) is 13.6. The van der Waals surface area contributed by atoms with Crippen molar-refractivity contribution in [3.05, 3.63) is 59.7 Å². The Bertz CT molecular complexity index is 655. The van der Waals surface area contributed by atoms with E-state index in [1.165, 1.54) is 24.8 Å². The van der Waals surface area contributed by atoms with E-state index in [2.05, 4.69) is 58.1 Å². The Balaban J connectivity index is 0.000000782. The number of hydrogen-bond acceptors (Lipinski definition) is 3. The molecule has 0 heterocycles. The van der Waals surface area contributed by atoms with Gasteiger partial charge in [-0.1, -0.05) is 39.2 Å². The molecule has 0 unspecified atom stereocenters. The van der Waals surface area contributed by atoms with Gasteiger partial charge in [0.1, 0.15) is 5.78 Å². The van der Waals surface area contributed by atoms with E-state index in [1.54, 1.807) is 6.92 Å². The van der Waals surface area contributed by atoms with Gasteiger partial charge in [-0.05, 0) is 37.9 Å². The second kappa shape index (κ2) is 14.9. The molecule has 0 atom stereocenters. The molecule has 176 valence electrons. The van der Waals surface area contributed by atoms with E-state index < -0.39 is 8.32 Å². The quantitative estimate of drug-likeness (QED) is 0.151. The Hall–Kier alpha value is -0.974. The first-order valence-corrected chi connectivity index (χ1v) is 13.7. The second-order valence-electron chi connectivity index (χ2n) is 9.10. The van der Waals surface area contributed by atoms with Crippen LogP contribution < -0.4 is 0 Å². The Morgan fingerprint density at radius 1 is 0.967 bits per heavy atom. The predicted molar refractivity (Wildman–Crippen MR) is 125 cm³/mol. The van der Waals surface area contributed by atoms with E-state index in [4.69, 9.17) is 9.16 Å². The molecule has 0 radical (unpaired) electrons. The standard InChI is InChI=1S/C18H33O2Si.C7H7O.Fe/c1-18(2,3)21(4,5)20-15-11-7-6-10-14-19-16-17-12-8-9-13-17;1-6(8)7-4-2-3-5-7;/h8-9,12-13H,6-7,10-11,14-16H2,1-5H3;2-5H,1H3;/q-5;-1;. The molecule has 30 heavy (non-hydrogen) atoms. The van der Waals surface area contributed by atoms with Crippen molar-refractivity contribution in [1.82, 2.24) is 0 Å².